The number of amides is 1. The number of hydrogen-bond acceptors (Lipinski definition) is 4. The highest BCUT2D eigenvalue weighted by molar-refractivity contribution is 5.81. The van der Waals surface area contributed by atoms with Crippen LogP contribution in [0, 0.1) is 0 Å². The summed E-state index contributed by atoms with van der Waals surface area (Å²) in [5.41, 5.74) is 0. The minimum absolute atomic E-state index is 0.0192. The summed E-state index contributed by atoms with van der Waals surface area (Å²) >= 11 is 0. The van der Waals surface area contributed by atoms with Crippen LogP contribution in [0.25, 0.3) is 0 Å². The summed E-state index contributed by atoms with van der Waals surface area (Å²) in [6.45, 7) is 11.4. The van der Waals surface area contributed by atoms with Crippen molar-refractivity contribution in [1.82, 2.24) is 14.7 Å². The fourth-order valence-electron chi connectivity index (χ4n) is 3.70. The second kappa shape index (κ2) is 8.27. The van der Waals surface area contributed by atoms with Crippen molar-refractivity contribution < 1.29 is 9.90 Å². The van der Waals surface area contributed by atoms with Gasteiger partial charge >= 0.3 is 0 Å². The Balaban J connectivity index is 1.87. The SMILES string of the molecule is C[C@H](O)CN1CCN([C@@H](C)C(=O)N2CCCCCC2)C[C@@H]1C. The Labute approximate surface area is 135 Å². The first-order valence-electron chi connectivity index (χ1n) is 8.94. The molecule has 2 rings (SSSR count). The van der Waals surface area contributed by atoms with Crippen LogP contribution in [0.3, 0.4) is 0 Å². The third kappa shape index (κ3) is 4.67. The number of β-amino-alcohol motifs (C(OH)–C–C–N with tert-alkyl or cyclic N) is 1. The number of rotatable bonds is 4. The minimum Gasteiger partial charge on any atom is -0.392 e. The van der Waals surface area contributed by atoms with Crippen LogP contribution >= 0.6 is 0 Å². The Morgan fingerprint density at radius 3 is 2.27 bits per heavy atom. The molecule has 0 saturated carbocycles. The van der Waals surface area contributed by atoms with Crippen LogP contribution in [0.1, 0.15) is 46.5 Å². The average Bonchev–Trinajstić information content (AvgIpc) is 2.76. The molecule has 0 aromatic rings. The van der Waals surface area contributed by atoms with E-state index in [1.54, 1.807) is 0 Å². The van der Waals surface area contributed by atoms with E-state index in [0.29, 0.717) is 11.9 Å². The van der Waals surface area contributed by atoms with Crippen LogP contribution in [0.2, 0.25) is 0 Å². The van der Waals surface area contributed by atoms with Gasteiger partial charge in [0.15, 0.2) is 0 Å². The molecule has 2 aliphatic rings. The Morgan fingerprint density at radius 1 is 1.09 bits per heavy atom. The van der Waals surface area contributed by atoms with Gasteiger partial charge in [0.05, 0.1) is 12.1 Å². The zero-order valence-electron chi connectivity index (χ0n) is 14.5. The Morgan fingerprint density at radius 2 is 1.73 bits per heavy atom. The van der Waals surface area contributed by atoms with E-state index in [1.807, 2.05) is 6.92 Å². The van der Waals surface area contributed by atoms with Crippen molar-refractivity contribution in [3.05, 3.63) is 0 Å². The number of carbonyl (C=O) groups excluding carboxylic acids is 1. The third-order valence-corrected chi connectivity index (χ3v) is 5.12. The molecule has 2 fully saturated rings. The first kappa shape index (κ1) is 17.7. The maximum atomic E-state index is 12.7. The number of carbonyl (C=O) groups is 1. The van der Waals surface area contributed by atoms with Gasteiger partial charge in [-0.05, 0) is 33.6 Å². The van der Waals surface area contributed by atoms with E-state index in [1.165, 1.54) is 12.8 Å². The van der Waals surface area contributed by atoms with E-state index < -0.39 is 0 Å². The molecule has 5 nitrogen and oxygen atoms in total. The molecular weight excluding hydrogens is 278 g/mol. The second-order valence-electron chi connectivity index (χ2n) is 7.10. The molecule has 22 heavy (non-hydrogen) atoms. The van der Waals surface area contributed by atoms with Gasteiger partial charge in [0.1, 0.15) is 0 Å². The van der Waals surface area contributed by atoms with Crippen molar-refractivity contribution >= 4 is 5.91 Å². The number of likely N-dealkylation sites (tertiary alicyclic amines) is 1. The third-order valence-electron chi connectivity index (χ3n) is 5.12. The fraction of sp³-hybridized carbons (Fsp3) is 0.941. The zero-order valence-corrected chi connectivity index (χ0v) is 14.5. The van der Waals surface area contributed by atoms with E-state index in [4.69, 9.17) is 0 Å². The molecule has 0 unspecified atom stereocenters. The molecule has 128 valence electrons. The molecule has 2 heterocycles. The van der Waals surface area contributed by atoms with Crippen LogP contribution in [0.5, 0.6) is 0 Å². The molecular formula is C17H33N3O2. The second-order valence-corrected chi connectivity index (χ2v) is 7.10. The van der Waals surface area contributed by atoms with E-state index in [9.17, 15) is 9.90 Å². The molecule has 1 N–H and O–H groups in total. The van der Waals surface area contributed by atoms with Gasteiger partial charge in [-0.3, -0.25) is 14.6 Å². The average molecular weight is 311 g/mol. The van der Waals surface area contributed by atoms with E-state index in [0.717, 1.165) is 52.1 Å². The van der Waals surface area contributed by atoms with Gasteiger partial charge < -0.3 is 10.0 Å². The molecule has 2 aliphatic heterocycles. The fourth-order valence-corrected chi connectivity index (χ4v) is 3.70. The molecule has 2 saturated heterocycles. The molecule has 0 aromatic heterocycles. The van der Waals surface area contributed by atoms with Gasteiger partial charge in [-0.2, -0.15) is 0 Å². The van der Waals surface area contributed by atoms with E-state index in [2.05, 4.69) is 28.5 Å². The summed E-state index contributed by atoms with van der Waals surface area (Å²) in [4.78, 5) is 19.5. The van der Waals surface area contributed by atoms with Gasteiger partial charge in [0.2, 0.25) is 5.91 Å². The first-order valence-corrected chi connectivity index (χ1v) is 8.94. The number of aliphatic hydroxyl groups excluding tert-OH is 1. The molecule has 1 amide bonds. The highest BCUT2D eigenvalue weighted by Gasteiger charge is 2.32. The molecule has 5 heteroatoms. The zero-order chi connectivity index (χ0) is 16.1. The van der Waals surface area contributed by atoms with Gasteiger partial charge in [0.25, 0.3) is 0 Å². The topological polar surface area (TPSA) is 47.0 Å². The number of nitrogens with zero attached hydrogens (tertiary/aromatic N) is 3. The largest absolute Gasteiger partial charge is 0.392 e. The Kier molecular flexibility index (Phi) is 6.66. The van der Waals surface area contributed by atoms with Crippen molar-refractivity contribution in [3.63, 3.8) is 0 Å². The Bertz CT molecular complexity index is 354. The lowest BCUT2D eigenvalue weighted by atomic mass is 10.1. The number of piperazine rings is 1. The van der Waals surface area contributed by atoms with Crippen LogP contribution in [0.4, 0.5) is 0 Å². The molecule has 0 bridgehead atoms. The van der Waals surface area contributed by atoms with Crippen LogP contribution in [-0.4, -0.2) is 83.2 Å². The number of aliphatic hydroxyl groups is 1. The normalized spacial score (nSPS) is 28.2. The summed E-state index contributed by atoms with van der Waals surface area (Å²) in [5, 5.41) is 9.57. The highest BCUT2D eigenvalue weighted by atomic mass is 16.3. The molecule has 0 aromatic carbocycles. The number of hydrogen-bond donors (Lipinski definition) is 1. The van der Waals surface area contributed by atoms with E-state index >= 15 is 0 Å². The predicted octanol–water partition coefficient (Wildman–Crippen LogP) is 1.16. The Hall–Kier alpha value is -0.650. The molecule has 0 aliphatic carbocycles. The lowest BCUT2D eigenvalue weighted by Crippen LogP contribution is -2.58. The van der Waals surface area contributed by atoms with Crippen molar-refractivity contribution in [1.29, 1.82) is 0 Å². The van der Waals surface area contributed by atoms with Gasteiger partial charge in [-0.15, -0.1) is 0 Å². The molecule has 3 atom stereocenters. The molecule has 0 spiro atoms. The molecule has 0 radical (unpaired) electrons. The summed E-state index contributed by atoms with van der Waals surface area (Å²) in [7, 11) is 0. The van der Waals surface area contributed by atoms with Crippen molar-refractivity contribution in [2.24, 2.45) is 0 Å². The first-order chi connectivity index (χ1) is 10.5. The quantitative estimate of drug-likeness (QED) is 0.846. The van der Waals surface area contributed by atoms with Gasteiger partial charge in [-0.25, -0.2) is 0 Å². The summed E-state index contributed by atoms with van der Waals surface area (Å²) in [6.07, 6.45) is 4.53. The highest BCUT2D eigenvalue weighted by Crippen LogP contribution is 2.16. The van der Waals surface area contributed by atoms with Crippen molar-refractivity contribution in [2.45, 2.75) is 64.6 Å². The van der Waals surface area contributed by atoms with Crippen LogP contribution in [0.15, 0.2) is 0 Å². The standard InChI is InChI=1S/C17H33N3O2/c1-14-12-20(11-10-19(14)13-15(2)21)16(3)17(22)18-8-6-4-5-7-9-18/h14-16,21H,4-13H2,1-3H3/t14-,15-,16-/m0/s1. The van der Waals surface area contributed by atoms with Crippen LogP contribution < -0.4 is 0 Å². The lowest BCUT2D eigenvalue weighted by molar-refractivity contribution is -0.137. The summed E-state index contributed by atoms with van der Waals surface area (Å²) in [5.74, 6) is 0.304. The smallest absolute Gasteiger partial charge is 0.239 e. The van der Waals surface area contributed by atoms with Crippen molar-refractivity contribution in [2.75, 3.05) is 39.3 Å². The van der Waals surface area contributed by atoms with Crippen LogP contribution in [-0.2, 0) is 4.79 Å². The maximum absolute atomic E-state index is 12.7. The van der Waals surface area contributed by atoms with Crippen molar-refractivity contribution in [3.8, 4) is 0 Å². The summed E-state index contributed by atoms with van der Waals surface area (Å²) < 4.78 is 0. The lowest BCUT2D eigenvalue weighted by Gasteiger charge is -2.43. The minimum atomic E-state index is -0.287. The van der Waals surface area contributed by atoms with E-state index in [-0.39, 0.29) is 12.1 Å². The van der Waals surface area contributed by atoms with Gasteiger partial charge in [-0.1, -0.05) is 12.8 Å². The maximum Gasteiger partial charge on any atom is 0.239 e. The predicted molar refractivity (Wildman–Crippen MR) is 88.8 cm³/mol. The monoisotopic (exact) mass is 311 g/mol. The van der Waals surface area contributed by atoms with Gasteiger partial charge in [0, 0.05) is 45.3 Å². The summed E-state index contributed by atoms with van der Waals surface area (Å²) in [6, 6.07) is 0.372.